The first-order valence-electron chi connectivity index (χ1n) is 5.48. The number of nitrogens with one attached hydrogen (secondary N) is 1. The van der Waals surface area contributed by atoms with Crippen molar-refractivity contribution in [1.29, 1.82) is 0 Å². The van der Waals surface area contributed by atoms with Crippen LogP contribution in [0.25, 0.3) is 0 Å². The van der Waals surface area contributed by atoms with E-state index in [2.05, 4.69) is 10.2 Å². The van der Waals surface area contributed by atoms with Crippen molar-refractivity contribution in [3.05, 3.63) is 29.6 Å². The van der Waals surface area contributed by atoms with Gasteiger partial charge in [-0.25, -0.2) is 4.39 Å². The highest BCUT2D eigenvalue weighted by Crippen LogP contribution is 2.15. The van der Waals surface area contributed by atoms with E-state index in [1.807, 2.05) is 14.1 Å². The van der Waals surface area contributed by atoms with E-state index >= 15 is 0 Å². The molecule has 0 spiro atoms. The number of benzene rings is 1. The van der Waals surface area contributed by atoms with Crippen LogP contribution in [0.4, 0.5) is 10.1 Å². The molecule has 0 heterocycles. The molecule has 0 radical (unpaired) electrons. The van der Waals surface area contributed by atoms with Gasteiger partial charge in [0, 0.05) is 12.1 Å². The van der Waals surface area contributed by atoms with Crippen LogP contribution in [0.5, 0.6) is 0 Å². The summed E-state index contributed by atoms with van der Waals surface area (Å²) in [5.74, 6) is -0.319. The van der Waals surface area contributed by atoms with Gasteiger partial charge in [0.05, 0.1) is 5.69 Å². The van der Waals surface area contributed by atoms with Crippen LogP contribution in [-0.2, 0) is 0 Å². The fraction of sp³-hybridized carbons (Fsp3) is 0.417. The molecular formula is C12H18FN3S. The molecular weight excluding hydrogens is 237 g/mol. The van der Waals surface area contributed by atoms with Crippen molar-refractivity contribution < 1.29 is 4.39 Å². The molecule has 3 N–H and O–H groups in total. The number of thiocarbonyl (C=S) groups is 1. The van der Waals surface area contributed by atoms with Crippen LogP contribution in [0.2, 0.25) is 0 Å². The minimum absolute atomic E-state index is 0.211. The Bertz CT molecular complexity index is 393. The van der Waals surface area contributed by atoms with Gasteiger partial charge in [-0.15, -0.1) is 0 Å². The predicted octanol–water partition coefficient (Wildman–Crippen LogP) is 1.82. The first-order valence-corrected chi connectivity index (χ1v) is 5.89. The number of hydrogen-bond acceptors (Lipinski definition) is 3. The van der Waals surface area contributed by atoms with E-state index < -0.39 is 0 Å². The van der Waals surface area contributed by atoms with Gasteiger partial charge in [-0.05, 0) is 45.3 Å². The molecule has 0 fully saturated rings. The van der Waals surface area contributed by atoms with Crippen LogP contribution in [0.15, 0.2) is 18.2 Å². The van der Waals surface area contributed by atoms with Crippen molar-refractivity contribution in [1.82, 2.24) is 4.90 Å². The molecule has 0 saturated heterocycles. The number of anilines is 1. The van der Waals surface area contributed by atoms with E-state index in [0.717, 1.165) is 19.5 Å². The summed E-state index contributed by atoms with van der Waals surface area (Å²) in [4.78, 5) is 2.30. The largest absolute Gasteiger partial charge is 0.389 e. The topological polar surface area (TPSA) is 41.3 Å². The van der Waals surface area contributed by atoms with Crippen LogP contribution in [-0.4, -0.2) is 37.1 Å². The van der Waals surface area contributed by atoms with Crippen molar-refractivity contribution in [2.75, 3.05) is 32.5 Å². The summed E-state index contributed by atoms with van der Waals surface area (Å²) in [7, 11) is 4.02. The van der Waals surface area contributed by atoms with Gasteiger partial charge in [0.15, 0.2) is 0 Å². The fourth-order valence-corrected chi connectivity index (χ4v) is 1.56. The van der Waals surface area contributed by atoms with Crippen LogP contribution >= 0.6 is 12.2 Å². The van der Waals surface area contributed by atoms with Crippen molar-refractivity contribution in [3.8, 4) is 0 Å². The lowest BCUT2D eigenvalue weighted by Crippen LogP contribution is -2.17. The minimum atomic E-state index is -0.319. The molecule has 0 amide bonds. The van der Waals surface area contributed by atoms with Crippen molar-refractivity contribution in [2.24, 2.45) is 5.73 Å². The van der Waals surface area contributed by atoms with Gasteiger partial charge < -0.3 is 16.0 Å². The Kier molecular flexibility index (Phi) is 5.31. The Labute approximate surface area is 107 Å². The number of nitrogens with two attached hydrogens (primary N) is 1. The summed E-state index contributed by atoms with van der Waals surface area (Å²) < 4.78 is 13.6. The lowest BCUT2D eigenvalue weighted by molar-refractivity contribution is 0.405. The van der Waals surface area contributed by atoms with Gasteiger partial charge in [0.1, 0.15) is 10.8 Å². The SMILES string of the molecule is CN(C)CCCNc1ccc(C(N)=S)cc1F. The van der Waals surface area contributed by atoms with Crippen molar-refractivity contribution >= 4 is 22.9 Å². The molecule has 0 aliphatic carbocycles. The molecule has 0 atom stereocenters. The number of halogens is 1. The van der Waals surface area contributed by atoms with Gasteiger partial charge in [0.25, 0.3) is 0 Å². The van der Waals surface area contributed by atoms with E-state index in [4.69, 9.17) is 18.0 Å². The third-order valence-corrected chi connectivity index (χ3v) is 2.59. The molecule has 1 aromatic carbocycles. The molecule has 0 aromatic heterocycles. The van der Waals surface area contributed by atoms with Gasteiger partial charge in [-0.2, -0.15) is 0 Å². The Morgan fingerprint density at radius 3 is 2.71 bits per heavy atom. The first kappa shape index (κ1) is 13.9. The summed E-state index contributed by atoms with van der Waals surface area (Å²) in [5.41, 5.74) is 6.47. The fourth-order valence-electron chi connectivity index (χ4n) is 1.43. The minimum Gasteiger partial charge on any atom is -0.389 e. The lowest BCUT2D eigenvalue weighted by atomic mass is 10.2. The highest BCUT2D eigenvalue weighted by Gasteiger charge is 2.04. The second-order valence-electron chi connectivity index (χ2n) is 4.14. The zero-order chi connectivity index (χ0) is 12.8. The Balaban J connectivity index is 2.52. The molecule has 5 heteroatoms. The van der Waals surface area contributed by atoms with Gasteiger partial charge >= 0.3 is 0 Å². The Morgan fingerprint density at radius 2 is 2.18 bits per heavy atom. The Hall–Kier alpha value is -1.20. The van der Waals surface area contributed by atoms with Crippen LogP contribution in [0.3, 0.4) is 0 Å². The van der Waals surface area contributed by atoms with E-state index in [1.54, 1.807) is 12.1 Å². The zero-order valence-corrected chi connectivity index (χ0v) is 11.0. The van der Waals surface area contributed by atoms with Gasteiger partial charge in [0.2, 0.25) is 0 Å². The van der Waals surface area contributed by atoms with Crippen LogP contribution in [0, 0.1) is 5.82 Å². The lowest BCUT2D eigenvalue weighted by Gasteiger charge is -2.11. The molecule has 0 aliphatic heterocycles. The second-order valence-corrected chi connectivity index (χ2v) is 4.58. The van der Waals surface area contributed by atoms with Crippen molar-refractivity contribution in [3.63, 3.8) is 0 Å². The van der Waals surface area contributed by atoms with Crippen LogP contribution < -0.4 is 11.1 Å². The first-order chi connectivity index (χ1) is 8.00. The van der Waals surface area contributed by atoms with Crippen molar-refractivity contribution in [2.45, 2.75) is 6.42 Å². The number of hydrogen-bond donors (Lipinski definition) is 2. The molecule has 1 rings (SSSR count). The summed E-state index contributed by atoms with van der Waals surface area (Å²) in [6, 6.07) is 4.75. The Morgan fingerprint density at radius 1 is 1.47 bits per heavy atom. The number of rotatable bonds is 6. The molecule has 17 heavy (non-hydrogen) atoms. The monoisotopic (exact) mass is 255 g/mol. The maximum atomic E-state index is 13.6. The maximum absolute atomic E-state index is 13.6. The molecule has 3 nitrogen and oxygen atoms in total. The third-order valence-electron chi connectivity index (χ3n) is 2.35. The van der Waals surface area contributed by atoms with Gasteiger partial charge in [-0.3, -0.25) is 0 Å². The average molecular weight is 255 g/mol. The van der Waals surface area contributed by atoms with E-state index in [0.29, 0.717) is 11.3 Å². The zero-order valence-electron chi connectivity index (χ0n) is 10.2. The normalized spacial score (nSPS) is 10.6. The molecule has 0 saturated carbocycles. The highest BCUT2D eigenvalue weighted by atomic mass is 32.1. The molecule has 94 valence electrons. The third kappa shape index (κ3) is 4.66. The quantitative estimate of drug-likeness (QED) is 0.601. The second kappa shape index (κ2) is 6.51. The average Bonchev–Trinajstić information content (AvgIpc) is 2.25. The summed E-state index contributed by atoms with van der Waals surface area (Å²) in [5, 5.41) is 3.05. The maximum Gasteiger partial charge on any atom is 0.146 e. The van der Waals surface area contributed by atoms with E-state index in [9.17, 15) is 4.39 Å². The van der Waals surface area contributed by atoms with Crippen LogP contribution in [0.1, 0.15) is 12.0 Å². The smallest absolute Gasteiger partial charge is 0.146 e. The standard InChI is InChI=1S/C12H18FN3S/c1-16(2)7-3-6-15-11-5-4-9(12(14)17)8-10(11)13/h4-5,8,15H,3,6-7H2,1-2H3,(H2,14,17). The molecule has 0 aliphatic rings. The number of nitrogens with zero attached hydrogens (tertiary/aromatic N) is 1. The summed E-state index contributed by atoms with van der Waals surface area (Å²) in [6.45, 7) is 1.71. The molecule has 0 bridgehead atoms. The summed E-state index contributed by atoms with van der Waals surface area (Å²) in [6.07, 6.45) is 0.962. The molecule has 0 unspecified atom stereocenters. The van der Waals surface area contributed by atoms with E-state index in [-0.39, 0.29) is 10.8 Å². The molecule has 1 aromatic rings. The highest BCUT2D eigenvalue weighted by molar-refractivity contribution is 7.80. The van der Waals surface area contributed by atoms with Gasteiger partial charge in [-0.1, -0.05) is 12.2 Å². The van der Waals surface area contributed by atoms with E-state index in [1.165, 1.54) is 6.07 Å². The summed E-state index contributed by atoms with van der Waals surface area (Å²) >= 11 is 4.79. The predicted molar refractivity (Wildman–Crippen MR) is 73.9 cm³/mol.